The molecule has 31 heavy (non-hydrogen) atoms. The number of sulfonamides is 1. The molecule has 162 valence electrons. The van der Waals surface area contributed by atoms with Crippen molar-refractivity contribution in [1.29, 1.82) is 0 Å². The number of anilines is 1. The maximum Gasteiger partial charge on any atom is 0.322 e. The second kappa shape index (κ2) is 8.56. The number of benzene rings is 1. The minimum atomic E-state index is -3.60. The smallest absolute Gasteiger partial charge is 0.322 e. The van der Waals surface area contributed by atoms with E-state index in [9.17, 15) is 13.2 Å². The van der Waals surface area contributed by atoms with Gasteiger partial charge in [0.25, 0.3) is 11.8 Å². The number of nitrogens with one attached hydrogen (secondary N) is 1. The van der Waals surface area contributed by atoms with Crippen LogP contribution in [0.25, 0.3) is 11.5 Å². The van der Waals surface area contributed by atoms with Crippen molar-refractivity contribution in [2.75, 3.05) is 18.4 Å². The number of pyridine rings is 1. The molecule has 10 heteroatoms. The van der Waals surface area contributed by atoms with Crippen LogP contribution in [0.4, 0.5) is 6.01 Å². The van der Waals surface area contributed by atoms with Crippen molar-refractivity contribution in [3.63, 3.8) is 0 Å². The van der Waals surface area contributed by atoms with Crippen molar-refractivity contribution < 1.29 is 17.6 Å². The lowest BCUT2D eigenvalue weighted by Gasteiger charge is -2.34. The number of carbonyl (C=O) groups excluding carboxylic acids is 1. The molecule has 1 saturated heterocycles. The van der Waals surface area contributed by atoms with Crippen LogP contribution in [0.1, 0.15) is 30.6 Å². The zero-order valence-corrected chi connectivity index (χ0v) is 18.0. The Balaban J connectivity index is 1.45. The van der Waals surface area contributed by atoms with Gasteiger partial charge in [0.05, 0.1) is 10.5 Å². The van der Waals surface area contributed by atoms with Gasteiger partial charge < -0.3 is 4.42 Å². The number of nitrogens with zero attached hydrogens (tertiary/aromatic N) is 4. The quantitative estimate of drug-likeness (QED) is 0.646. The number of aromatic nitrogens is 3. The van der Waals surface area contributed by atoms with Gasteiger partial charge >= 0.3 is 6.01 Å². The zero-order chi connectivity index (χ0) is 22.0. The van der Waals surface area contributed by atoms with Gasteiger partial charge in [-0.2, -0.15) is 4.31 Å². The van der Waals surface area contributed by atoms with Crippen LogP contribution in [0, 0.1) is 11.8 Å². The normalized spacial score (nSPS) is 19.8. The largest absolute Gasteiger partial charge is 0.403 e. The topological polar surface area (TPSA) is 118 Å². The molecule has 1 aliphatic heterocycles. The molecule has 9 nitrogen and oxygen atoms in total. The monoisotopic (exact) mass is 441 g/mol. The second-order valence-corrected chi connectivity index (χ2v) is 9.84. The summed E-state index contributed by atoms with van der Waals surface area (Å²) in [5, 5.41) is 10.2. The molecule has 4 rings (SSSR count). The summed E-state index contributed by atoms with van der Waals surface area (Å²) in [7, 11) is -3.60. The van der Waals surface area contributed by atoms with E-state index in [4.69, 9.17) is 4.42 Å². The number of carbonyl (C=O) groups is 1. The SMILES string of the molecule is CC1CC(C)CN(S(=O)(=O)c2ccc(C(=O)Nc3nnc(-c4cccnc4)o3)cc2)C1. The first kappa shape index (κ1) is 21.1. The van der Waals surface area contributed by atoms with Crippen LogP contribution >= 0.6 is 0 Å². The van der Waals surface area contributed by atoms with Gasteiger partial charge in [0.15, 0.2) is 0 Å². The van der Waals surface area contributed by atoms with Crippen LogP contribution in [0.15, 0.2) is 58.1 Å². The maximum atomic E-state index is 13.0. The van der Waals surface area contributed by atoms with Crippen molar-refractivity contribution in [3.8, 4) is 11.5 Å². The van der Waals surface area contributed by atoms with E-state index >= 15 is 0 Å². The highest BCUT2D eigenvalue weighted by molar-refractivity contribution is 7.89. The summed E-state index contributed by atoms with van der Waals surface area (Å²) in [6.45, 7) is 5.13. The number of piperidine rings is 1. The summed E-state index contributed by atoms with van der Waals surface area (Å²) in [5.74, 6) is 0.379. The van der Waals surface area contributed by atoms with Crippen LogP contribution in [0.3, 0.4) is 0 Å². The highest BCUT2D eigenvalue weighted by Gasteiger charge is 2.31. The molecular weight excluding hydrogens is 418 g/mol. The molecule has 2 aromatic heterocycles. The number of hydrogen-bond acceptors (Lipinski definition) is 7. The van der Waals surface area contributed by atoms with E-state index in [1.165, 1.54) is 28.6 Å². The van der Waals surface area contributed by atoms with E-state index < -0.39 is 15.9 Å². The Hall–Kier alpha value is -3.11. The van der Waals surface area contributed by atoms with E-state index in [0.29, 0.717) is 30.5 Å². The number of amides is 1. The van der Waals surface area contributed by atoms with Gasteiger partial charge in [-0.05, 0) is 54.7 Å². The molecule has 1 aliphatic rings. The lowest BCUT2D eigenvalue weighted by molar-refractivity contribution is 0.102. The highest BCUT2D eigenvalue weighted by atomic mass is 32.2. The fourth-order valence-electron chi connectivity index (χ4n) is 3.78. The molecule has 0 aliphatic carbocycles. The third-order valence-corrected chi connectivity index (χ3v) is 6.99. The molecule has 0 saturated carbocycles. The van der Waals surface area contributed by atoms with Gasteiger partial charge in [-0.3, -0.25) is 15.1 Å². The average molecular weight is 442 g/mol. The van der Waals surface area contributed by atoms with Crippen LogP contribution in [-0.4, -0.2) is 46.9 Å². The van der Waals surface area contributed by atoms with E-state index in [2.05, 4.69) is 34.3 Å². The van der Waals surface area contributed by atoms with E-state index in [0.717, 1.165) is 6.42 Å². The van der Waals surface area contributed by atoms with Crippen molar-refractivity contribution in [3.05, 3.63) is 54.4 Å². The first-order valence-electron chi connectivity index (χ1n) is 9.98. The molecule has 0 bridgehead atoms. The highest BCUT2D eigenvalue weighted by Crippen LogP contribution is 2.27. The minimum absolute atomic E-state index is 0.0585. The van der Waals surface area contributed by atoms with Crippen molar-refractivity contribution in [2.24, 2.45) is 11.8 Å². The lowest BCUT2D eigenvalue weighted by Crippen LogP contribution is -2.42. The Morgan fingerprint density at radius 2 is 1.81 bits per heavy atom. The Labute approximate surface area is 180 Å². The summed E-state index contributed by atoms with van der Waals surface area (Å²) in [6, 6.07) is 9.27. The third kappa shape index (κ3) is 4.64. The molecule has 1 N–H and O–H groups in total. The van der Waals surface area contributed by atoms with Crippen molar-refractivity contribution in [2.45, 2.75) is 25.2 Å². The fraction of sp³-hybridized carbons (Fsp3) is 0.333. The Morgan fingerprint density at radius 1 is 1.10 bits per heavy atom. The van der Waals surface area contributed by atoms with E-state index in [1.54, 1.807) is 24.5 Å². The van der Waals surface area contributed by atoms with Crippen LogP contribution in [0.5, 0.6) is 0 Å². The predicted octanol–water partition coefficient (Wildman–Crippen LogP) is 3.05. The summed E-state index contributed by atoms with van der Waals surface area (Å²) in [6.07, 6.45) is 4.21. The number of rotatable bonds is 5. The minimum Gasteiger partial charge on any atom is -0.403 e. The molecule has 0 radical (unpaired) electrons. The summed E-state index contributed by atoms with van der Waals surface area (Å²) < 4.78 is 32.9. The molecule has 3 heterocycles. The second-order valence-electron chi connectivity index (χ2n) is 7.90. The molecule has 1 aromatic carbocycles. The van der Waals surface area contributed by atoms with Crippen molar-refractivity contribution in [1.82, 2.24) is 19.5 Å². The van der Waals surface area contributed by atoms with Gasteiger partial charge in [-0.25, -0.2) is 8.42 Å². The van der Waals surface area contributed by atoms with E-state index in [-0.39, 0.29) is 22.4 Å². The zero-order valence-electron chi connectivity index (χ0n) is 17.2. The summed E-state index contributed by atoms with van der Waals surface area (Å²) in [4.78, 5) is 16.6. The Kier molecular flexibility index (Phi) is 5.84. The molecule has 2 unspecified atom stereocenters. The van der Waals surface area contributed by atoms with Gasteiger partial charge in [0.1, 0.15) is 0 Å². The number of hydrogen-bond donors (Lipinski definition) is 1. The summed E-state index contributed by atoms with van der Waals surface area (Å²) >= 11 is 0. The Morgan fingerprint density at radius 3 is 2.45 bits per heavy atom. The van der Waals surface area contributed by atoms with Gasteiger partial charge in [-0.15, -0.1) is 5.10 Å². The molecule has 0 spiro atoms. The van der Waals surface area contributed by atoms with Gasteiger partial charge in [0, 0.05) is 31.0 Å². The van der Waals surface area contributed by atoms with Gasteiger partial charge in [0.2, 0.25) is 10.0 Å². The summed E-state index contributed by atoms with van der Waals surface area (Å²) in [5.41, 5.74) is 0.909. The van der Waals surface area contributed by atoms with E-state index in [1.807, 2.05) is 0 Å². The Bertz CT molecular complexity index is 1150. The third-order valence-electron chi connectivity index (χ3n) is 5.14. The van der Waals surface area contributed by atoms with Crippen LogP contribution in [-0.2, 0) is 10.0 Å². The molecular formula is C21H23N5O4S. The molecule has 3 aromatic rings. The van der Waals surface area contributed by atoms with Crippen LogP contribution in [0.2, 0.25) is 0 Å². The predicted molar refractivity (Wildman–Crippen MR) is 114 cm³/mol. The molecule has 1 amide bonds. The van der Waals surface area contributed by atoms with Crippen LogP contribution < -0.4 is 5.32 Å². The maximum absolute atomic E-state index is 13.0. The fourth-order valence-corrected chi connectivity index (χ4v) is 5.46. The average Bonchev–Trinajstić information content (AvgIpc) is 3.22. The van der Waals surface area contributed by atoms with Gasteiger partial charge in [-0.1, -0.05) is 18.9 Å². The first-order chi connectivity index (χ1) is 14.8. The standard InChI is InChI=1S/C21H23N5O4S/c1-14-10-15(2)13-26(12-14)31(28,29)18-7-5-16(6-8-18)19(27)23-21-25-24-20(30-21)17-4-3-9-22-11-17/h3-9,11,14-15H,10,12-13H2,1-2H3,(H,23,25,27). The van der Waals surface area contributed by atoms with Crippen molar-refractivity contribution >= 4 is 21.9 Å². The molecule has 2 atom stereocenters. The lowest BCUT2D eigenvalue weighted by atomic mass is 9.94. The first-order valence-corrected chi connectivity index (χ1v) is 11.4. The molecule has 1 fully saturated rings.